The second-order valence-electron chi connectivity index (χ2n) is 13.3. The van der Waals surface area contributed by atoms with Crippen molar-refractivity contribution in [1.29, 1.82) is 0 Å². The highest BCUT2D eigenvalue weighted by atomic mass is 16.3. The van der Waals surface area contributed by atoms with Gasteiger partial charge in [-0.2, -0.15) is 0 Å². The van der Waals surface area contributed by atoms with E-state index in [4.69, 9.17) is 14.4 Å². The lowest BCUT2D eigenvalue weighted by Crippen LogP contribution is -2.26. The van der Waals surface area contributed by atoms with Crippen LogP contribution in [0.5, 0.6) is 0 Å². The number of aromatic nitrogens is 2. The van der Waals surface area contributed by atoms with E-state index in [2.05, 4.69) is 164 Å². The van der Waals surface area contributed by atoms with Crippen LogP contribution in [0.3, 0.4) is 0 Å². The molecule has 1 spiro atoms. The number of hydrogen-bond acceptors (Lipinski definition) is 3. The number of furan rings is 1. The smallest absolute Gasteiger partial charge is 0.160 e. The van der Waals surface area contributed by atoms with Crippen LogP contribution in [0.1, 0.15) is 22.5 Å². The van der Waals surface area contributed by atoms with Gasteiger partial charge in [-0.05, 0) is 62.4 Å². The maximum Gasteiger partial charge on any atom is 0.160 e. The van der Waals surface area contributed by atoms with Crippen molar-refractivity contribution in [1.82, 2.24) is 9.97 Å². The molecule has 0 aliphatic heterocycles. The maximum atomic E-state index is 7.02. The molecular weight excluding hydrogens is 609 g/mol. The summed E-state index contributed by atoms with van der Waals surface area (Å²) < 4.78 is 7.02. The van der Waals surface area contributed by atoms with Crippen molar-refractivity contribution in [2.75, 3.05) is 0 Å². The fraction of sp³-hybridized carbons (Fsp3) is 0.0213. The van der Waals surface area contributed by atoms with Crippen molar-refractivity contribution >= 4 is 21.7 Å². The lowest BCUT2D eigenvalue weighted by Gasteiger charge is -2.30. The summed E-state index contributed by atoms with van der Waals surface area (Å²) in [7, 11) is 0. The highest BCUT2D eigenvalue weighted by molar-refractivity contribution is 6.06. The van der Waals surface area contributed by atoms with Crippen LogP contribution in [-0.4, -0.2) is 9.97 Å². The molecule has 0 saturated carbocycles. The van der Waals surface area contributed by atoms with Gasteiger partial charge in [-0.3, -0.25) is 0 Å². The van der Waals surface area contributed by atoms with Gasteiger partial charge >= 0.3 is 0 Å². The first-order valence-corrected chi connectivity index (χ1v) is 17.1. The molecule has 2 heterocycles. The van der Waals surface area contributed by atoms with E-state index in [1.165, 1.54) is 38.6 Å². The van der Waals surface area contributed by atoms with Crippen molar-refractivity contribution in [2.24, 2.45) is 0 Å². The largest absolute Gasteiger partial charge is 0.459 e. The van der Waals surface area contributed by atoms with E-state index in [0.717, 1.165) is 55.9 Å². The first-order valence-electron chi connectivity index (χ1n) is 17.1. The van der Waals surface area contributed by atoms with Gasteiger partial charge in [0.25, 0.3) is 0 Å². The summed E-state index contributed by atoms with van der Waals surface area (Å²) in [5, 5.41) is 3.51. The minimum Gasteiger partial charge on any atom is -0.459 e. The summed E-state index contributed by atoms with van der Waals surface area (Å²) in [4.78, 5) is 10.8. The normalized spacial score (nSPS) is 13.4. The standard InChI is InChI=1S/C47H28N2O/c1-2-14-30(15-3-1)40-28-41(32-26-25-29-13-4-5-16-31(29)27-32)49-46(48-40)37-21-12-20-36-43-35-19-8-11-24-42(35)50-45(43)47(44(36)37)38-22-9-6-17-33(38)34-18-7-10-23-39(34)47/h1-28H. The maximum absolute atomic E-state index is 7.02. The number of rotatable bonds is 3. The molecule has 3 nitrogen and oxygen atoms in total. The summed E-state index contributed by atoms with van der Waals surface area (Å²) >= 11 is 0. The molecule has 2 aromatic heterocycles. The van der Waals surface area contributed by atoms with E-state index >= 15 is 0 Å². The molecule has 0 bridgehead atoms. The van der Waals surface area contributed by atoms with Gasteiger partial charge in [0.05, 0.1) is 11.4 Å². The Bertz CT molecular complexity index is 2780. The minimum atomic E-state index is -0.678. The molecule has 11 rings (SSSR count). The van der Waals surface area contributed by atoms with Crippen molar-refractivity contribution < 1.29 is 4.42 Å². The van der Waals surface area contributed by atoms with Crippen LogP contribution in [0, 0.1) is 0 Å². The first-order chi connectivity index (χ1) is 24.8. The van der Waals surface area contributed by atoms with Crippen LogP contribution in [0.15, 0.2) is 174 Å². The highest BCUT2D eigenvalue weighted by Gasteiger charge is 2.56. The molecule has 3 heteroatoms. The molecule has 232 valence electrons. The average Bonchev–Trinajstić information content (AvgIpc) is 3.82. The molecular formula is C47H28N2O. The number of hydrogen-bond donors (Lipinski definition) is 0. The second-order valence-corrected chi connectivity index (χ2v) is 13.3. The fourth-order valence-corrected chi connectivity index (χ4v) is 8.61. The third-order valence-electron chi connectivity index (χ3n) is 10.7. The van der Waals surface area contributed by atoms with Crippen LogP contribution in [0.2, 0.25) is 0 Å². The molecule has 0 amide bonds. The Morgan fingerprint density at radius 3 is 1.86 bits per heavy atom. The number of fused-ring (bicyclic) bond motifs is 13. The third kappa shape index (κ3) is 3.64. The predicted octanol–water partition coefficient (Wildman–Crippen LogP) is 11.7. The van der Waals surface area contributed by atoms with Gasteiger partial charge in [-0.25, -0.2) is 9.97 Å². The van der Waals surface area contributed by atoms with Gasteiger partial charge in [0, 0.05) is 27.6 Å². The summed E-state index contributed by atoms with van der Waals surface area (Å²) in [6, 6.07) is 60.3. The monoisotopic (exact) mass is 636 g/mol. The Kier molecular flexibility index (Phi) is 5.59. The van der Waals surface area contributed by atoms with E-state index in [-0.39, 0.29) is 0 Å². The van der Waals surface area contributed by atoms with Crippen LogP contribution >= 0.6 is 0 Å². The second kappa shape index (κ2) is 10.2. The van der Waals surface area contributed by atoms with Gasteiger partial charge in [0.2, 0.25) is 0 Å². The molecule has 50 heavy (non-hydrogen) atoms. The zero-order valence-corrected chi connectivity index (χ0v) is 27.0. The lowest BCUT2D eigenvalue weighted by atomic mass is 9.71. The first kappa shape index (κ1) is 27.4. The molecule has 0 N–H and O–H groups in total. The van der Waals surface area contributed by atoms with Gasteiger partial charge < -0.3 is 4.42 Å². The Balaban J connectivity index is 1.26. The molecule has 0 saturated heterocycles. The lowest BCUT2D eigenvalue weighted by molar-refractivity contribution is 0.507. The van der Waals surface area contributed by atoms with Crippen molar-refractivity contribution in [3.05, 3.63) is 192 Å². The topological polar surface area (TPSA) is 38.9 Å². The zero-order valence-electron chi connectivity index (χ0n) is 27.0. The van der Waals surface area contributed by atoms with E-state index in [0.29, 0.717) is 5.82 Å². The Morgan fingerprint density at radius 2 is 1.06 bits per heavy atom. The zero-order chi connectivity index (χ0) is 32.8. The molecule has 2 aliphatic rings. The van der Waals surface area contributed by atoms with Crippen LogP contribution in [-0.2, 0) is 5.41 Å². The van der Waals surface area contributed by atoms with Crippen molar-refractivity contribution in [3.63, 3.8) is 0 Å². The van der Waals surface area contributed by atoms with Gasteiger partial charge in [-0.1, -0.05) is 152 Å². The highest BCUT2D eigenvalue weighted by Crippen LogP contribution is 2.66. The molecule has 0 atom stereocenters. The third-order valence-corrected chi connectivity index (χ3v) is 10.7. The predicted molar refractivity (Wildman–Crippen MR) is 202 cm³/mol. The molecule has 0 unspecified atom stereocenters. The number of para-hydroxylation sites is 1. The summed E-state index contributed by atoms with van der Waals surface area (Å²) in [5.74, 6) is 1.66. The quantitative estimate of drug-likeness (QED) is 0.194. The van der Waals surface area contributed by atoms with Gasteiger partial charge in [0.15, 0.2) is 5.82 Å². The molecule has 0 radical (unpaired) electrons. The average molecular weight is 637 g/mol. The Morgan fingerprint density at radius 1 is 0.440 bits per heavy atom. The molecule has 7 aromatic carbocycles. The number of benzene rings is 7. The van der Waals surface area contributed by atoms with Crippen LogP contribution < -0.4 is 0 Å². The van der Waals surface area contributed by atoms with E-state index in [9.17, 15) is 0 Å². The van der Waals surface area contributed by atoms with E-state index < -0.39 is 5.41 Å². The Hall–Kier alpha value is -6.58. The van der Waals surface area contributed by atoms with Crippen LogP contribution in [0.4, 0.5) is 0 Å². The van der Waals surface area contributed by atoms with Crippen molar-refractivity contribution in [2.45, 2.75) is 5.41 Å². The van der Waals surface area contributed by atoms with Crippen LogP contribution in [0.25, 0.3) is 77.9 Å². The van der Waals surface area contributed by atoms with Gasteiger partial charge in [-0.15, -0.1) is 0 Å². The minimum absolute atomic E-state index is 0.678. The van der Waals surface area contributed by atoms with Crippen molar-refractivity contribution in [3.8, 4) is 56.2 Å². The molecule has 9 aromatic rings. The SMILES string of the molecule is c1ccc(-c2cc(-c3ccc4ccccc4c3)nc(-c3cccc4c3C3(c5ccccc5-c5ccccc53)c3oc5ccccc5c3-4)n2)cc1. The molecule has 0 fully saturated rings. The summed E-state index contributed by atoms with van der Waals surface area (Å²) in [5.41, 5.74) is 13.5. The summed E-state index contributed by atoms with van der Waals surface area (Å²) in [6.45, 7) is 0. The molecule has 2 aliphatic carbocycles. The van der Waals surface area contributed by atoms with E-state index in [1.54, 1.807) is 0 Å². The van der Waals surface area contributed by atoms with E-state index in [1.807, 2.05) is 6.07 Å². The number of nitrogens with zero attached hydrogens (tertiary/aromatic N) is 2. The Labute approximate surface area is 289 Å². The van der Waals surface area contributed by atoms with Gasteiger partial charge in [0.1, 0.15) is 16.8 Å². The fourth-order valence-electron chi connectivity index (χ4n) is 8.61. The summed E-state index contributed by atoms with van der Waals surface area (Å²) in [6.07, 6.45) is 0.